The molecule has 0 aliphatic rings. The van der Waals surface area contributed by atoms with E-state index in [9.17, 15) is 9.90 Å². The minimum absolute atomic E-state index is 0.360. The molecule has 0 saturated heterocycles. The quantitative estimate of drug-likeness (QED) is 0.481. The Hall–Kier alpha value is -1.67. The molecule has 0 spiro atoms. The zero-order valence-corrected chi connectivity index (χ0v) is 11.1. The van der Waals surface area contributed by atoms with E-state index >= 15 is 0 Å². The zero-order valence-electron chi connectivity index (χ0n) is 11.1. The number of carbonyl (C=O) groups is 1. The van der Waals surface area contributed by atoms with Gasteiger partial charge in [0, 0.05) is 13.2 Å². The van der Waals surface area contributed by atoms with Crippen molar-refractivity contribution in [1.82, 2.24) is 0 Å². The van der Waals surface area contributed by atoms with Crippen LogP contribution in [0.1, 0.15) is 25.5 Å². The van der Waals surface area contributed by atoms with E-state index in [1.54, 1.807) is 38.1 Å². The lowest BCUT2D eigenvalue weighted by Crippen LogP contribution is -2.26. The molecule has 0 amide bonds. The van der Waals surface area contributed by atoms with Gasteiger partial charge in [-0.2, -0.15) is 0 Å². The second kappa shape index (κ2) is 8.44. The average molecular weight is 262 g/mol. The highest BCUT2D eigenvalue weighted by molar-refractivity contribution is 5.98. The number of hydrogen-bond donors (Lipinski definition) is 1. The maximum absolute atomic E-state index is 11.7. The molecule has 0 aromatic heterocycles. The van der Waals surface area contributed by atoms with Crippen LogP contribution in [0.3, 0.4) is 0 Å². The van der Waals surface area contributed by atoms with Crippen molar-refractivity contribution in [3.8, 4) is 11.8 Å². The molecule has 102 valence electrons. The molecule has 1 rings (SSSR count). The molecule has 0 aliphatic heterocycles. The van der Waals surface area contributed by atoms with Crippen molar-refractivity contribution in [2.45, 2.75) is 26.2 Å². The highest BCUT2D eigenvalue weighted by Crippen LogP contribution is 2.10. The van der Waals surface area contributed by atoms with Gasteiger partial charge in [-0.15, -0.1) is 0 Å². The second-order valence-electron chi connectivity index (χ2n) is 3.69. The minimum Gasteiger partial charge on any atom is -0.376 e. The Morgan fingerprint density at radius 3 is 2.32 bits per heavy atom. The third-order valence-electron chi connectivity index (χ3n) is 2.30. The Labute approximate surface area is 113 Å². The first-order valence-corrected chi connectivity index (χ1v) is 6.20. The maximum atomic E-state index is 11.7. The molecular formula is C15H18O4. The van der Waals surface area contributed by atoms with Crippen LogP contribution in [-0.2, 0) is 14.3 Å². The SMILES string of the molecule is CCOC(OCC)C(=O)C#CC(O)c1ccccc1. The molecule has 4 nitrogen and oxygen atoms in total. The fourth-order valence-corrected chi connectivity index (χ4v) is 1.42. The maximum Gasteiger partial charge on any atom is 0.261 e. The van der Waals surface area contributed by atoms with Gasteiger partial charge >= 0.3 is 0 Å². The lowest BCUT2D eigenvalue weighted by atomic mass is 10.1. The number of carbonyl (C=O) groups excluding carboxylic acids is 1. The number of ketones is 1. The number of ether oxygens (including phenoxy) is 2. The third kappa shape index (κ3) is 5.23. The van der Waals surface area contributed by atoms with Gasteiger partial charge in [0.15, 0.2) is 0 Å². The van der Waals surface area contributed by atoms with Gasteiger partial charge < -0.3 is 14.6 Å². The first kappa shape index (κ1) is 15.4. The van der Waals surface area contributed by atoms with Crippen LogP contribution in [0, 0.1) is 11.8 Å². The number of Topliss-reactive ketones (excluding diaryl/α,β-unsaturated/α-hetero) is 1. The summed E-state index contributed by atoms with van der Waals surface area (Å²) in [6.07, 6.45) is -1.97. The summed E-state index contributed by atoms with van der Waals surface area (Å²) in [4.78, 5) is 11.7. The standard InChI is InChI=1S/C15H18O4/c1-3-18-15(19-4-2)14(17)11-10-13(16)12-8-6-5-7-9-12/h5-9,13,15-16H,3-4H2,1-2H3. The van der Waals surface area contributed by atoms with E-state index in [1.807, 2.05) is 6.07 Å². The number of hydrogen-bond acceptors (Lipinski definition) is 4. The summed E-state index contributed by atoms with van der Waals surface area (Å²) in [5, 5.41) is 9.80. The Bertz CT molecular complexity index is 438. The van der Waals surface area contributed by atoms with E-state index < -0.39 is 18.2 Å². The van der Waals surface area contributed by atoms with Crippen LogP contribution in [0.15, 0.2) is 30.3 Å². The summed E-state index contributed by atoms with van der Waals surface area (Å²) in [6.45, 7) is 4.26. The van der Waals surface area contributed by atoms with Crippen molar-refractivity contribution >= 4 is 5.78 Å². The summed E-state index contributed by atoms with van der Waals surface area (Å²) in [5.41, 5.74) is 0.646. The molecule has 0 bridgehead atoms. The topological polar surface area (TPSA) is 55.8 Å². The second-order valence-corrected chi connectivity index (χ2v) is 3.69. The molecule has 0 radical (unpaired) electrons. The first-order chi connectivity index (χ1) is 9.19. The molecule has 1 atom stereocenters. The minimum atomic E-state index is -0.992. The number of benzene rings is 1. The molecular weight excluding hydrogens is 244 g/mol. The molecule has 1 N–H and O–H groups in total. The highest BCUT2D eigenvalue weighted by Gasteiger charge is 2.16. The number of aliphatic hydroxyl groups is 1. The Morgan fingerprint density at radius 2 is 1.79 bits per heavy atom. The van der Waals surface area contributed by atoms with E-state index in [0.29, 0.717) is 18.8 Å². The van der Waals surface area contributed by atoms with Gasteiger partial charge in [-0.25, -0.2) is 0 Å². The predicted octanol–water partition coefficient (Wildman–Crippen LogP) is 1.69. The summed E-state index contributed by atoms with van der Waals surface area (Å²) in [7, 11) is 0. The molecule has 0 heterocycles. The van der Waals surface area contributed by atoms with E-state index in [4.69, 9.17) is 9.47 Å². The van der Waals surface area contributed by atoms with Crippen LogP contribution in [-0.4, -0.2) is 30.4 Å². The summed E-state index contributed by atoms with van der Waals surface area (Å²) in [6, 6.07) is 8.92. The van der Waals surface area contributed by atoms with E-state index in [2.05, 4.69) is 11.8 Å². The van der Waals surface area contributed by atoms with Crippen molar-refractivity contribution in [1.29, 1.82) is 0 Å². The molecule has 0 aliphatic carbocycles. The van der Waals surface area contributed by atoms with Gasteiger partial charge in [-0.3, -0.25) is 4.79 Å². The van der Waals surface area contributed by atoms with E-state index in [0.717, 1.165) is 0 Å². The van der Waals surface area contributed by atoms with Gasteiger partial charge in [0.05, 0.1) is 0 Å². The van der Waals surface area contributed by atoms with Crippen LogP contribution in [0.25, 0.3) is 0 Å². The van der Waals surface area contributed by atoms with Crippen LogP contribution in [0.2, 0.25) is 0 Å². The molecule has 1 aromatic carbocycles. The van der Waals surface area contributed by atoms with Gasteiger partial charge in [0.2, 0.25) is 6.29 Å². The molecule has 0 fully saturated rings. The van der Waals surface area contributed by atoms with Crippen LogP contribution < -0.4 is 0 Å². The Kier molecular flexibility index (Phi) is 6.83. The van der Waals surface area contributed by atoms with Gasteiger partial charge in [-0.05, 0) is 25.3 Å². The third-order valence-corrected chi connectivity index (χ3v) is 2.30. The van der Waals surface area contributed by atoms with Gasteiger partial charge in [0.1, 0.15) is 6.10 Å². The van der Waals surface area contributed by atoms with Gasteiger partial charge in [-0.1, -0.05) is 36.3 Å². The van der Waals surface area contributed by atoms with Crippen molar-refractivity contribution in [2.75, 3.05) is 13.2 Å². The van der Waals surface area contributed by atoms with Crippen LogP contribution in [0.4, 0.5) is 0 Å². The number of rotatable bonds is 6. The van der Waals surface area contributed by atoms with Crippen molar-refractivity contribution in [3.63, 3.8) is 0 Å². The van der Waals surface area contributed by atoms with Crippen LogP contribution in [0.5, 0.6) is 0 Å². The van der Waals surface area contributed by atoms with Crippen molar-refractivity contribution < 1.29 is 19.4 Å². The van der Waals surface area contributed by atoms with E-state index in [1.165, 1.54) is 0 Å². The normalized spacial score (nSPS) is 11.8. The molecule has 0 saturated carbocycles. The lowest BCUT2D eigenvalue weighted by Gasteiger charge is -2.12. The molecule has 1 unspecified atom stereocenters. The van der Waals surface area contributed by atoms with Crippen LogP contribution >= 0.6 is 0 Å². The van der Waals surface area contributed by atoms with Crippen molar-refractivity contribution in [2.24, 2.45) is 0 Å². The van der Waals surface area contributed by atoms with Crippen molar-refractivity contribution in [3.05, 3.63) is 35.9 Å². The fraction of sp³-hybridized carbons (Fsp3) is 0.400. The smallest absolute Gasteiger partial charge is 0.261 e. The molecule has 1 aromatic rings. The summed E-state index contributed by atoms with van der Waals surface area (Å²) in [5.74, 6) is 4.37. The first-order valence-electron chi connectivity index (χ1n) is 6.20. The number of aliphatic hydroxyl groups excluding tert-OH is 1. The zero-order chi connectivity index (χ0) is 14.1. The predicted molar refractivity (Wildman–Crippen MR) is 71.2 cm³/mol. The summed E-state index contributed by atoms with van der Waals surface area (Å²) >= 11 is 0. The average Bonchev–Trinajstić information content (AvgIpc) is 2.45. The molecule has 19 heavy (non-hydrogen) atoms. The largest absolute Gasteiger partial charge is 0.376 e. The Balaban J connectivity index is 2.67. The fourth-order valence-electron chi connectivity index (χ4n) is 1.42. The molecule has 4 heteroatoms. The monoisotopic (exact) mass is 262 g/mol. The Morgan fingerprint density at radius 1 is 1.21 bits per heavy atom. The lowest BCUT2D eigenvalue weighted by molar-refractivity contribution is -0.162. The summed E-state index contributed by atoms with van der Waals surface area (Å²) < 4.78 is 10.3. The van der Waals surface area contributed by atoms with E-state index in [-0.39, 0.29) is 0 Å². The van der Waals surface area contributed by atoms with Gasteiger partial charge in [0.25, 0.3) is 5.78 Å². The highest BCUT2D eigenvalue weighted by atomic mass is 16.7.